The van der Waals surface area contributed by atoms with Crippen molar-refractivity contribution in [2.45, 2.75) is 17.7 Å². The van der Waals surface area contributed by atoms with Gasteiger partial charge in [-0.05, 0) is 36.1 Å². The van der Waals surface area contributed by atoms with Crippen LogP contribution >= 0.6 is 11.3 Å². The number of nitrogens with zero attached hydrogens (tertiary/aromatic N) is 1. The summed E-state index contributed by atoms with van der Waals surface area (Å²) in [4.78, 5) is 24.7. The van der Waals surface area contributed by atoms with E-state index < -0.39 is 10.0 Å². The highest BCUT2D eigenvalue weighted by molar-refractivity contribution is 7.89. The van der Waals surface area contributed by atoms with Crippen molar-refractivity contribution in [3.63, 3.8) is 0 Å². The number of carbonyl (C=O) groups is 2. The summed E-state index contributed by atoms with van der Waals surface area (Å²) in [5, 5.41) is 7.29. The van der Waals surface area contributed by atoms with E-state index in [1.165, 1.54) is 12.1 Å². The second-order valence-electron chi connectivity index (χ2n) is 5.84. The van der Waals surface area contributed by atoms with Gasteiger partial charge in [0.25, 0.3) is 0 Å². The molecule has 2 amide bonds. The van der Waals surface area contributed by atoms with Crippen LogP contribution in [0.1, 0.15) is 11.3 Å². The molecule has 0 saturated carbocycles. The van der Waals surface area contributed by atoms with E-state index in [4.69, 9.17) is 0 Å². The van der Waals surface area contributed by atoms with Gasteiger partial charge in [-0.3, -0.25) is 9.59 Å². The van der Waals surface area contributed by atoms with E-state index in [0.717, 1.165) is 9.18 Å². The number of rotatable bonds is 6. The lowest BCUT2D eigenvalue weighted by molar-refractivity contribution is -0.122. The molecular formula is C17H19N3O4S2. The summed E-state index contributed by atoms with van der Waals surface area (Å²) >= 11 is 1.60. The minimum absolute atomic E-state index is 0.0586. The van der Waals surface area contributed by atoms with Crippen LogP contribution in [-0.4, -0.2) is 44.2 Å². The number of amides is 2. The predicted molar refractivity (Wildman–Crippen MR) is 99.5 cm³/mol. The molecule has 1 saturated heterocycles. The average Bonchev–Trinajstić information content (AvgIpc) is 3.14. The maximum absolute atomic E-state index is 12.7. The monoisotopic (exact) mass is 393 g/mol. The van der Waals surface area contributed by atoms with Gasteiger partial charge in [-0.2, -0.15) is 4.31 Å². The van der Waals surface area contributed by atoms with E-state index in [2.05, 4.69) is 10.6 Å². The van der Waals surface area contributed by atoms with Gasteiger partial charge < -0.3 is 10.6 Å². The van der Waals surface area contributed by atoms with Gasteiger partial charge in [-0.15, -0.1) is 11.3 Å². The molecule has 1 aromatic carbocycles. The van der Waals surface area contributed by atoms with E-state index >= 15 is 0 Å². The third-order valence-electron chi connectivity index (χ3n) is 3.94. The first-order chi connectivity index (χ1) is 12.4. The average molecular weight is 393 g/mol. The van der Waals surface area contributed by atoms with Crippen LogP contribution in [0.3, 0.4) is 0 Å². The second-order valence-corrected chi connectivity index (χ2v) is 8.81. The molecule has 1 aliphatic rings. The first kappa shape index (κ1) is 18.6. The summed E-state index contributed by atoms with van der Waals surface area (Å²) in [6.45, 7) is 0.322. The molecular weight excluding hydrogens is 374 g/mol. The number of benzene rings is 1. The van der Waals surface area contributed by atoms with Crippen molar-refractivity contribution in [3.8, 4) is 0 Å². The molecule has 9 heteroatoms. The van der Waals surface area contributed by atoms with Gasteiger partial charge in [-0.1, -0.05) is 12.1 Å². The summed E-state index contributed by atoms with van der Waals surface area (Å²) in [5.41, 5.74) is 0.420. The Balaban J connectivity index is 1.67. The Morgan fingerprint density at radius 1 is 1.27 bits per heavy atom. The summed E-state index contributed by atoms with van der Waals surface area (Å²) < 4.78 is 26.5. The molecule has 0 aliphatic carbocycles. The van der Waals surface area contributed by atoms with Crippen LogP contribution in [0.2, 0.25) is 0 Å². The molecule has 0 radical (unpaired) electrons. The highest BCUT2D eigenvalue weighted by Gasteiger charge is 2.29. The molecule has 3 rings (SSSR count). The first-order valence-electron chi connectivity index (χ1n) is 8.14. The maximum Gasteiger partial charge on any atom is 0.243 e. The van der Waals surface area contributed by atoms with Crippen molar-refractivity contribution in [1.82, 2.24) is 9.62 Å². The van der Waals surface area contributed by atoms with Crippen molar-refractivity contribution in [3.05, 3.63) is 46.7 Å². The van der Waals surface area contributed by atoms with E-state index in [0.29, 0.717) is 18.5 Å². The molecule has 138 valence electrons. The number of hydrogen-bond acceptors (Lipinski definition) is 5. The highest BCUT2D eigenvalue weighted by atomic mass is 32.2. The molecule has 2 aromatic rings. The van der Waals surface area contributed by atoms with Gasteiger partial charge in [0.15, 0.2) is 0 Å². The van der Waals surface area contributed by atoms with Crippen LogP contribution in [-0.2, 0) is 26.0 Å². The molecule has 1 fully saturated rings. The Kier molecular flexibility index (Phi) is 5.70. The number of carbonyl (C=O) groups excluding carboxylic acids is 2. The third-order valence-corrected chi connectivity index (χ3v) is 6.71. The van der Waals surface area contributed by atoms with Crippen LogP contribution in [0, 0.1) is 0 Å². The maximum atomic E-state index is 12.7. The lowest BCUT2D eigenvalue weighted by atomic mass is 10.2. The molecule has 0 unspecified atom stereocenters. The summed E-state index contributed by atoms with van der Waals surface area (Å²) in [6.07, 6.45) is 0.966. The van der Waals surface area contributed by atoms with Crippen molar-refractivity contribution in [1.29, 1.82) is 0 Å². The Labute approximate surface area is 156 Å². The van der Waals surface area contributed by atoms with Crippen LogP contribution in [0.4, 0.5) is 5.69 Å². The van der Waals surface area contributed by atoms with E-state index in [9.17, 15) is 18.0 Å². The van der Waals surface area contributed by atoms with Crippen molar-refractivity contribution < 1.29 is 18.0 Å². The predicted octanol–water partition coefficient (Wildman–Crippen LogP) is 1.44. The van der Waals surface area contributed by atoms with Crippen molar-refractivity contribution in [2.75, 3.05) is 25.0 Å². The van der Waals surface area contributed by atoms with Crippen LogP contribution < -0.4 is 10.6 Å². The van der Waals surface area contributed by atoms with Crippen LogP contribution in [0.15, 0.2) is 46.7 Å². The lowest BCUT2D eigenvalue weighted by Gasteiger charge is -2.26. The fourth-order valence-electron chi connectivity index (χ4n) is 2.62. The summed E-state index contributed by atoms with van der Waals surface area (Å²) in [5.74, 6) is -0.497. The molecule has 26 heavy (non-hydrogen) atoms. The quantitative estimate of drug-likeness (QED) is 0.776. The second kappa shape index (κ2) is 7.98. The zero-order valence-electron chi connectivity index (χ0n) is 14.0. The van der Waals surface area contributed by atoms with Crippen molar-refractivity contribution in [2.24, 2.45) is 0 Å². The molecule has 0 spiro atoms. The van der Waals surface area contributed by atoms with Gasteiger partial charge >= 0.3 is 0 Å². The minimum atomic E-state index is -3.78. The van der Waals surface area contributed by atoms with Gasteiger partial charge in [0, 0.05) is 30.1 Å². The number of aryl methyl sites for hydroxylation is 1. The zero-order valence-corrected chi connectivity index (χ0v) is 15.6. The van der Waals surface area contributed by atoms with E-state index in [1.54, 1.807) is 23.5 Å². The Hall–Kier alpha value is -2.23. The fraction of sp³-hybridized carbons (Fsp3) is 0.294. The van der Waals surface area contributed by atoms with Gasteiger partial charge in [0.2, 0.25) is 21.8 Å². The van der Waals surface area contributed by atoms with Gasteiger partial charge in [0.05, 0.1) is 11.4 Å². The number of sulfonamides is 1. The number of piperazine rings is 1. The SMILES string of the molecule is O=C1CN(S(=O)(=O)c2cccc(NC(=O)CCc3cccs3)c2)CCN1. The molecule has 7 nitrogen and oxygen atoms in total. The topological polar surface area (TPSA) is 95.6 Å². The van der Waals surface area contributed by atoms with Crippen LogP contribution in [0.5, 0.6) is 0 Å². The number of nitrogens with one attached hydrogen (secondary N) is 2. The highest BCUT2D eigenvalue weighted by Crippen LogP contribution is 2.20. The van der Waals surface area contributed by atoms with Crippen molar-refractivity contribution >= 4 is 38.9 Å². The Morgan fingerprint density at radius 2 is 2.12 bits per heavy atom. The molecule has 1 aromatic heterocycles. The largest absolute Gasteiger partial charge is 0.354 e. The standard InChI is InChI=1S/C17H19N3O4S2/c21-16(7-6-14-4-2-10-25-14)19-13-3-1-5-15(11-13)26(23,24)20-9-8-18-17(22)12-20/h1-5,10-11H,6-9,12H2,(H,18,22)(H,19,21). The number of thiophene rings is 1. The lowest BCUT2D eigenvalue weighted by Crippen LogP contribution is -2.49. The molecule has 0 bridgehead atoms. The minimum Gasteiger partial charge on any atom is -0.354 e. The molecule has 0 atom stereocenters. The van der Waals surface area contributed by atoms with Gasteiger partial charge in [0.1, 0.15) is 0 Å². The molecule has 1 aliphatic heterocycles. The summed E-state index contributed by atoms with van der Waals surface area (Å²) in [6, 6.07) is 10.0. The number of hydrogen-bond donors (Lipinski definition) is 2. The summed E-state index contributed by atoms with van der Waals surface area (Å²) in [7, 11) is -3.78. The van der Waals surface area contributed by atoms with E-state index in [-0.39, 0.29) is 36.3 Å². The van der Waals surface area contributed by atoms with Gasteiger partial charge in [-0.25, -0.2) is 8.42 Å². The number of anilines is 1. The van der Waals surface area contributed by atoms with Crippen LogP contribution in [0.25, 0.3) is 0 Å². The smallest absolute Gasteiger partial charge is 0.243 e. The fourth-order valence-corrected chi connectivity index (χ4v) is 4.77. The molecule has 2 heterocycles. The first-order valence-corrected chi connectivity index (χ1v) is 10.5. The zero-order chi connectivity index (χ0) is 18.6. The Morgan fingerprint density at radius 3 is 2.85 bits per heavy atom. The third kappa shape index (κ3) is 4.48. The Bertz CT molecular complexity index is 894. The van der Waals surface area contributed by atoms with E-state index in [1.807, 2.05) is 17.5 Å². The normalized spacial score (nSPS) is 15.5. The molecule has 2 N–H and O–H groups in total.